The minimum Gasteiger partial charge on any atom is -0.385 e. The fourth-order valence-electron chi connectivity index (χ4n) is 1.24. The first-order valence-corrected chi connectivity index (χ1v) is 4.64. The minimum absolute atomic E-state index is 0.173. The molecule has 0 atom stereocenters. The van der Waals surface area contributed by atoms with Crippen LogP contribution in [0.4, 0.5) is 11.4 Å². The third-order valence-corrected chi connectivity index (χ3v) is 1.97. The van der Waals surface area contributed by atoms with E-state index >= 15 is 0 Å². The fraction of sp³-hybridized carbons (Fsp3) is 0.400. The van der Waals surface area contributed by atoms with Crippen molar-refractivity contribution in [3.63, 3.8) is 0 Å². The van der Waals surface area contributed by atoms with Gasteiger partial charge in [-0.25, -0.2) is 0 Å². The molecule has 76 valence electrons. The molecule has 0 aliphatic carbocycles. The molecule has 0 spiro atoms. The zero-order valence-electron chi connectivity index (χ0n) is 8.41. The standard InChI is InChI=1S/C10H14N2O2/c1-3-6-11-9-4-5-10(12(13)14)8(2)7-9/h4-5,7,11H,3,6H2,1-2H3. The van der Waals surface area contributed by atoms with Gasteiger partial charge in [0.15, 0.2) is 0 Å². The number of nitrogens with one attached hydrogen (secondary N) is 1. The zero-order valence-corrected chi connectivity index (χ0v) is 8.41. The van der Waals surface area contributed by atoms with Crippen LogP contribution in [0.15, 0.2) is 18.2 Å². The third kappa shape index (κ3) is 2.45. The monoisotopic (exact) mass is 194 g/mol. The number of rotatable bonds is 4. The minimum atomic E-state index is -0.362. The van der Waals surface area contributed by atoms with Crippen LogP contribution in [0.3, 0.4) is 0 Å². The van der Waals surface area contributed by atoms with Gasteiger partial charge in [-0.05, 0) is 25.5 Å². The van der Waals surface area contributed by atoms with Crippen LogP contribution in [0, 0.1) is 17.0 Å². The Balaban J connectivity index is 2.83. The molecule has 0 heterocycles. The molecular formula is C10H14N2O2. The van der Waals surface area contributed by atoms with E-state index in [1.54, 1.807) is 19.1 Å². The summed E-state index contributed by atoms with van der Waals surface area (Å²) in [6.07, 6.45) is 1.04. The number of aryl methyl sites for hydroxylation is 1. The van der Waals surface area contributed by atoms with Crippen LogP contribution < -0.4 is 5.32 Å². The molecule has 0 fully saturated rings. The molecule has 1 aromatic rings. The number of benzene rings is 1. The predicted molar refractivity (Wildman–Crippen MR) is 56.6 cm³/mol. The van der Waals surface area contributed by atoms with Gasteiger partial charge in [-0.3, -0.25) is 10.1 Å². The first kappa shape index (κ1) is 10.5. The van der Waals surface area contributed by atoms with Crippen molar-refractivity contribution in [3.8, 4) is 0 Å². The lowest BCUT2D eigenvalue weighted by molar-refractivity contribution is -0.385. The lowest BCUT2D eigenvalue weighted by atomic mass is 10.2. The highest BCUT2D eigenvalue weighted by atomic mass is 16.6. The van der Waals surface area contributed by atoms with Crippen molar-refractivity contribution in [1.82, 2.24) is 0 Å². The normalized spacial score (nSPS) is 9.86. The molecule has 4 heteroatoms. The van der Waals surface area contributed by atoms with Crippen LogP contribution in [-0.4, -0.2) is 11.5 Å². The second-order valence-corrected chi connectivity index (χ2v) is 3.19. The van der Waals surface area contributed by atoms with E-state index in [4.69, 9.17) is 0 Å². The highest BCUT2D eigenvalue weighted by molar-refractivity contribution is 5.53. The molecule has 1 aromatic carbocycles. The Kier molecular flexibility index (Phi) is 3.45. The molecule has 0 unspecified atom stereocenters. The predicted octanol–water partition coefficient (Wildman–Crippen LogP) is 2.73. The largest absolute Gasteiger partial charge is 0.385 e. The Morgan fingerprint density at radius 1 is 1.50 bits per heavy atom. The van der Waals surface area contributed by atoms with Gasteiger partial charge in [0.05, 0.1) is 4.92 Å². The number of hydrogen-bond acceptors (Lipinski definition) is 3. The highest BCUT2D eigenvalue weighted by Gasteiger charge is 2.09. The van der Waals surface area contributed by atoms with Crippen LogP contribution in [0.1, 0.15) is 18.9 Å². The molecule has 0 radical (unpaired) electrons. The third-order valence-electron chi connectivity index (χ3n) is 1.97. The molecule has 0 aromatic heterocycles. The number of nitrogens with zero attached hydrogens (tertiary/aromatic N) is 1. The van der Waals surface area contributed by atoms with Gasteiger partial charge in [0.25, 0.3) is 5.69 Å². The molecular weight excluding hydrogens is 180 g/mol. The topological polar surface area (TPSA) is 55.2 Å². The summed E-state index contributed by atoms with van der Waals surface area (Å²) in [5.41, 5.74) is 1.80. The smallest absolute Gasteiger partial charge is 0.272 e. The maximum atomic E-state index is 10.5. The van der Waals surface area contributed by atoms with Gasteiger partial charge in [0, 0.05) is 23.9 Å². The quantitative estimate of drug-likeness (QED) is 0.592. The van der Waals surface area contributed by atoms with Crippen molar-refractivity contribution in [2.75, 3.05) is 11.9 Å². The lowest BCUT2D eigenvalue weighted by Gasteiger charge is -2.05. The lowest BCUT2D eigenvalue weighted by Crippen LogP contribution is -2.00. The summed E-state index contributed by atoms with van der Waals surface area (Å²) in [6.45, 7) is 4.71. The van der Waals surface area contributed by atoms with E-state index in [1.807, 2.05) is 0 Å². The van der Waals surface area contributed by atoms with Gasteiger partial charge < -0.3 is 5.32 Å². The maximum absolute atomic E-state index is 10.5. The Morgan fingerprint density at radius 2 is 2.21 bits per heavy atom. The molecule has 0 saturated heterocycles. The Labute approximate surface area is 83.1 Å². The highest BCUT2D eigenvalue weighted by Crippen LogP contribution is 2.21. The number of nitro benzene ring substituents is 1. The van der Waals surface area contributed by atoms with Crippen LogP contribution >= 0.6 is 0 Å². The number of anilines is 1. The second-order valence-electron chi connectivity index (χ2n) is 3.19. The first-order chi connectivity index (χ1) is 6.65. The van der Waals surface area contributed by atoms with E-state index < -0.39 is 0 Å². The SMILES string of the molecule is CCCNc1ccc([N+](=O)[O-])c(C)c1. The summed E-state index contributed by atoms with van der Waals surface area (Å²) in [5.74, 6) is 0. The van der Waals surface area contributed by atoms with Gasteiger partial charge in [0.2, 0.25) is 0 Å². The molecule has 0 aliphatic heterocycles. The summed E-state index contributed by atoms with van der Waals surface area (Å²) in [5, 5.41) is 13.7. The summed E-state index contributed by atoms with van der Waals surface area (Å²) in [6, 6.07) is 5.07. The van der Waals surface area contributed by atoms with E-state index in [-0.39, 0.29) is 10.6 Å². The average molecular weight is 194 g/mol. The van der Waals surface area contributed by atoms with Crippen molar-refractivity contribution >= 4 is 11.4 Å². The van der Waals surface area contributed by atoms with Crippen LogP contribution in [-0.2, 0) is 0 Å². The molecule has 14 heavy (non-hydrogen) atoms. The fourth-order valence-corrected chi connectivity index (χ4v) is 1.24. The van der Waals surface area contributed by atoms with Crippen molar-refractivity contribution < 1.29 is 4.92 Å². The summed E-state index contributed by atoms with van der Waals surface area (Å²) >= 11 is 0. The van der Waals surface area contributed by atoms with Crippen molar-refractivity contribution in [2.24, 2.45) is 0 Å². The van der Waals surface area contributed by atoms with E-state index in [0.29, 0.717) is 5.56 Å². The Bertz CT molecular complexity index is 337. The van der Waals surface area contributed by atoms with E-state index in [0.717, 1.165) is 18.7 Å². The van der Waals surface area contributed by atoms with E-state index in [2.05, 4.69) is 12.2 Å². The van der Waals surface area contributed by atoms with Crippen molar-refractivity contribution in [2.45, 2.75) is 20.3 Å². The van der Waals surface area contributed by atoms with Gasteiger partial charge in [0.1, 0.15) is 0 Å². The van der Waals surface area contributed by atoms with Crippen LogP contribution in [0.25, 0.3) is 0 Å². The molecule has 0 aliphatic rings. The molecule has 0 bridgehead atoms. The average Bonchev–Trinajstić information content (AvgIpc) is 2.14. The molecule has 4 nitrogen and oxygen atoms in total. The molecule has 1 N–H and O–H groups in total. The van der Waals surface area contributed by atoms with Gasteiger partial charge in [-0.1, -0.05) is 6.92 Å². The Morgan fingerprint density at radius 3 is 2.71 bits per heavy atom. The number of hydrogen-bond donors (Lipinski definition) is 1. The summed E-state index contributed by atoms with van der Waals surface area (Å²) in [4.78, 5) is 10.2. The zero-order chi connectivity index (χ0) is 10.6. The van der Waals surface area contributed by atoms with Gasteiger partial charge in [-0.2, -0.15) is 0 Å². The first-order valence-electron chi connectivity index (χ1n) is 4.64. The van der Waals surface area contributed by atoms with E-state index in [9.17, 15) is 10.1 Å². The summed E-state index contributed by atoms with van der Waals surface area (Å²) in [7, 11) is 0. The summed E-state index contributed by atoms with van der Waals surface area (Å²) < 4.78 is 0. The van der Waals surface area contributed by atoms with Crippen molar-refractivity contribution in [3.05, 3.63) is 33.9 Å². The number of nitro groups is 1. The van der Waals surface area contributed by atoms with E-state index in [1.165, 1.54) is 6.07 Å². The van der Waals surface area contributed by atoms with Crippen molar-refractivity contribution in [1.29, 1.82) is 0 Å². The van der Waals surface area contributed by atoms with Gasteiger partial charge >= 0.3 is 0 Å². The molecule has 0 amide bonds. The maximum Gasteiger partial charge on any atom is 0.272 e. The second kappa shape index (κ2) is 4.60. The molecule has 1 rings (SSSR count). The van der Waals surface area contributed by atoms with Crippen LogP contribution in [0.5, 0.6) is 0 Å². The Hall–Kier alpha value is -1.58. The molecule has 0 saturated carbocycles. The van der Waals surface area contributed by atoms with Gasteiger partial charge in [-0.15, -0.1) is 0 Å². The van der Waals surface area contributed by atoms with Crippen LogP contribution in [0.2, 0.25) is 0 Å².